The van der Waals surface area contributed by atoms with Crippen molar-refractivity contribution in [1.29, 1.82) is 0 Å². The molecular weight excluding hydrogens is 462 g/mol. The molecule has 1 aromatic heterocycles. The monoisotopic (exact) mass is 481 g/mol. The van der Waals surface area contributed by atoms with E-state index in [9.17, 15) is 37.1 Å². The Balaban J connectivity index is 1.40. The predicted octanol–water partition coefficient (Wildman–Crippen LogP) is 2.38. The maximum Gasteiger partial charge on any atom is 0.419 e. The zero-order chi connectivity index (χ0) is 24.4. The van der Waals surface area contributed by atoms with Gasteiger partial charge in [0.1, 0.15) is 11.4 Å². The van der Waals surface area contributed by atoms with Gasteiger partial charge in [-0.2, -0.15) is 13.2 Å². The summed E-state index contributed by atoms with van der Waals surface area (Å²) in [5.41, 5.74) is -3.32. The highest BCUT2D eigenvalue weighted by molar-refractivity contribution is 5.99. The third kappa shape index (κ3) is 3.61. The Morgan fingerprint density at radius 3 is 2.74 bits per heavy atom. The molecule has 2 N–H and O–H groups in total. The van der Waals surface area contributed by atoms with E-state index in [-0.39, 0.29) is 29.9 Å². The van der Waals surface area contributed by atoms with E-state index < -0.39 is 58.9 Å². The van der Waals surface area contributed by atoms with Crippen LogP contribution in [0.15, 0.2) is 29.2 Å². The third-order valence-electron chi connectivity index (χ3n) is 6.49. The van der Waals surface area contributed by atoms with Gasteiger partial charge in [0.05, 0.1) is 18.2 Å². The molecule has 3 atom stereocenters. The Bertz CT molecular complexity index is 1260. The van der Waals surface area contributed by atoms with Crippen LogP contribution in [0.3, 0.4) is 0 Å². The van der Waals surface area contributed by atoms with E-state index >= 15 is 0 Å². The number of aromatic nitrogens is 1. The number of halogens is 4. The van der Waals surface area contributed by atoms with Crippen LogP contribution >= 0.6 is 0 Å². The van der Waals surface area contributed by atoms with Gasteiger partial charge in [0.15, 0.2) is 17.7 Å². The molecule has 1 saturated heterocycles. The Labute approximate surface area is 189 Å². The largest absolute Gasteiger partial charge is 0.503 e. The van der Waals surface area contributed by atoms with Crippen molar-refractivity contribution in [2.75, 3.05) is 0 Å². The van der Waals surface area contributed by atoms with Crippen molar-refractivity contribution in [3.05, 3.63) is 62.8 Å². The summed E-state index contributed by atoms with van der Waals surface area (Å²) < 4.78 is 59.4. The van der Waals surface area contributed by atoms with E-state index in [1.165, 1.54) is 9.47 Å². The van der Waals surface area contributed by atoms with Gasteiger partial charge in [-0.3, -0.25) is 14.4 Å². The number of alkyl halides is 3. The maximum atomic E-state index is 13.5. The SMILES string of the molecule is O=C(NCc1ccc(F)c(C(F)(F)F)c1)c1cn2c(c(O)c1=O)C(=O)N1C(C2)O[C@H]2CC[C@@H]1C2. The highest BCUT2D eigenvalue weighted by Gasteiger charge is 2.47. The van der Waals surface area contributed by atoms with Crippen molar-refractivity contribution < 1.29 is 37.0 Å². The molecule has 0 spiro atoms. The summed E-state index contributed by atoms with van der Waals surface area (Å²) >= 11 is 0. The van der Waals surface area contributed by atoms with E-state index in [1.54, 1.807) is 0 Å². The fraction of sp³-hybridized carbons (Fsp3) is 0.409. The number of nitrogens with zero attached hydrogens (tertiary/aromatic N) is 2. The first kappa shape index (κ1) is 22.4. The average molecular weight is 481 g/mol. The number of benzene rings is 1. The predicted molar refractivity (Wildman–Crippen MR) is 107 cm³/mol. The van der Waals surface area contributed by atoms with Gasteiger partial charge in [-0.25, -0.2) is 4.39 Å². The average Bonchev–Trinajstić information content (AvgIpc) is 3.15. The molecule has 1 unspecified atom stereocenters. The summed E-state index contributed by atoms with van der Waals surface area (Å²) in [5.74, 6) is -3.85. The van der Waals surface area contributed by atoms with Crippen molar-refractivity contribution in [2.45, 2.75) is 56.9 Å². The summed E-state index contributed by atoms with van der Waals surface area (Å²) in [6.45, 7) is -0.318. The van der Waals surface area contributed by atoms with Crippen LogP contribution in [0.1, 0.15) is 51.2 Å². The molecule has 2 aromatic rings. The van der Waals surface area contributed by atoms with Crippen LogP contribution in [0.25, 0.3) is 0 Å². The van der Waals surface area contributed by atoms with E-state index in [0.717, 1.165) is 25.1 Å². The lowest BCUT2D eigenvalue weighted by atomic mass is 10.1. The summed E-state index contributed by atoms with van der Waals surface area (Å²) in [6, 6.07) is 2.23. The fourth-order valence-corrected chi connectivity index (χ4v) is 4.89. The van der Waals surface area contributed by atoms with Crippen molar-refractivity contribution in [2.24, 2.45) is 0 Å². The van der Waals surface area contributed by atoms with Crippen LogP contribution in [-0.4, -0.2) is 44.8 Å². The topological polar surface area (TPSA) is 101 Å². The molecule has 1 aromatic carbocycles. The molecule has 1 saturated carbocycles. The van der Waals surface area contributed by atoms with E-state index in [4.69, 9.17) is 4.74 Å². The number of ether oxygens (including phenoxy) is 1. The molecule has 0 radical (unpaired) electrons. The van der Waals surface area contributed by atoms with E-state index in [0.29, 0.717) is 18.6 Å². The van der Waals surface area contributed by atoms with Crippen molar-refractivity contribution in [3.8, 4) is 5.75 Å². The van der Waals surface area contributed by atoms with Gasteiger partial charge in [0, 0.05) is 18.8 Å². The maximum absolute atomic E-state index is 13.5. The van der Waals surface area contributed by atoms with Crippen LogP contribution in [0.4, 0.5) is 17.6 Å². The number of nitrogens with one attached hydrogen (secondary N) is 1. The van der Waals surface area contributed by atoms with Gasteiger partial charge in [0.2, 0.25) is 5.43 Å². The van der Waals surface area contributed by atoms with Crippen LogP contribution in [0.2, 0.25) is 0 Å². The second kappa shape index (κ2) is 7.83. The minimum absolute atomic E-state index is 0.0219. The minimum atomic E-state index is -4.91. The minimum Gasteiger partial charge on any atom is -0.503 e. The molecule has 2 fully saturated rings. The van der Waals surface area contributed by atoms with Crippen molar-refractivity contribution in [1.82, 2.24) is 14.8 Å². The third-order valence-corrected chi connectivity index (χ3v) is 6.49. The number of carbonyl (C=O) groups excluding carboxylic acids is 2. The highest BCUT2D eigenvalue weighted by Crippen LogP contribution is 2.38. The quantitative estimate of drug-likeness (QED) is 0.656. The summed E-state index contributed by atoms with van der Waals surface area (Å²) in [6.07, 6.45) is -2.09. The van der Waals surface area contributed by atoms with Gasteiger partial charge in [-0.1, -0.05) is 6.07 Å². The zero-order valence-corrected chi connectivity index (χ0v) is 17.6. The van der Waals surface area contributed by atoms with E-state index in [1.807, 2.05) is 0 Å². The summed E-state index contributed by atoms with van der Waals surface area (Å²) in [7, 11) is 0. The Hall–Kier alpha value is -3.41. The Kier molecular flexibility index (Phi) is 5.15. The highest BCUT2D eigenvalue weighted by atomic mass is 19.4. The first-order chi connectivity index (χ1) is 16.0. The number of rotatable bonds is 3. The smallest absolute Gasteiger partial charge is 0.419 e. The van der Waals surface area contributed by atoms with Gasteiger partial charge in [-0.05, 0) is 37.0 Å². The lowest BCUT2D eigenvalue weighted by Crippen LogP contribution is -2.57. The molecule has 2 amide bonds. The van der Waals surface area contributed by atoms with Gasteiger partial charge in [0.25, 0.3) is 11.8 Å². The molecule has 2 bridgehead atoms. The molecule has 3 heterocycles. The Morgan fingerprint density at radius 1 is 1.24 bits per heavy atom. The van der Waals surface area contributed by atoms with Crippen LogP contribution in [-0.2, 0) is 24.0 Å². The first-order valence-corrected chi connectivity index (χ1v) is 10.6. The summed E-state index contributed by atoms with van der Waals surface area (Å²) in [4.78, 5) is 39.9. The number of hydrogen-bond donors (Lipinski definition) is 2. The number of pyridine rings is 1. The van der Waals surface area contributed by atoms with E-state index in [2.05, 4.69) is 5.32 Å². The molecule has 2 aliphatic heterocycles. The number of amides is 2. The Morgan fingerprint density at radius 2 is 2.00 bits per heavy atom. The normalized spacial score (nSPS) is 23.5. The molecule has 8 nitrogen and oxygen atoms in total. The fourth-order valence-electron chi connectivity index (χ4n) is 4.89. The first-order valence-electron chi connectivity index (χ1n) is 10.6. The van der Waals surface area contributed by atoms with Gasteiger partial charge >= 0.3 is 6.18 Å². The van der Waals surface area contributed by atoms with Gasteiger partial charge in [-0.15, -0.1) is 0 Å². The molecule has 34 heavy (non-hydrogen) atoms. The molecule has 180 valence electrons. The zero-order valence-electron chi connectivity index (χ0n) is 17.6. The molecular formula is C22H19F4N3O5. The van der Waals surface area contributed by atoms with Crippen LogP contribution < -0.4 is 10.7 Å². The van der Waals surface area contributed by atoms with Crippen molar-refractivity contribution in [3.63, 3.8) is 0 Å². The lowest BCUT2D eigenvalue weighted by molar-refractivity contribution is -0.140. The van der Waals surface area contributed by atoms with Gasteiger partial charge < -0.3 is 24.6 Å². The number of carbonyl (C=O) groups is 2. The second-order valence-corrected chi connectivity index (χ2v) is 8.61. The molecule has 3 aliphatic rings. The standard InChI is InChI=1S/C22H19F4N3O5/c23-15-4-1-10(5-14(15)22(24,25)26)7-27-20(32)13-8-28-9-16-29(11-2-3-12(6-11)34-16)21(33)17(28)19(31)18(13)30/h1,4-5,8,11-12,16,31H,2-3,6-7,9H2,(H,27,32)/t11-,12+,16?/m1/s1. The lowest BCUT2D eigenvalue weighted by Gasteiger charge is -2.44. The number of hydrogen-bond acceptors (Lipinski definition) is 5. The van der Waals surface area contributed by atoms with Crippen LogP contribution in [0, 0.1) is 5.82 Å². The number of fused-ring (bicyclic) bond motifs is 5. The molecule has 12 heteroatoms. The van der Waals surface area contributed by atoms with Crippen LogP contribution in [0.5, 0.6) is 5.75 Å². The molecule has 1 aliphatic carbocycles. The molecule has 5 rings (SSSR count). The summed E-state index contributed by atoms with van der Waals surface area (Å²) in [5, 5.41) is 12.8. The van der Waals surface area contributed by atoms with Crippen molar-refractivity contribution >= 4 is 11.8 Å². The number of aromatic hydroxyl groups is 1. The second-order valence-electron chi connectivity index (χ2n) is 8.61.